The fourth-order valence-corrected chi connectivity index (χ4v) is 3.97. The number of hydrogen-bond donors (Lipinski definition) is 0. The number of ether oxygens (including phenoxy) is 1. The first-order chi connectivity index (χ1) is 13.7. The maximum Gasteiger partial charge on any atom is 0.406 e. The third-order valence-corrected chi connectivity index (χ3v) is 5.36. The molecule has 0 spiro atoms. The number of halogens is 4. The molecule has 1 amide bonds. The zero-order valence-corrected chi connectivity index (χ0v) is 16.4. The van der Waals surface area contributed by atoms with Gasteiger partial charge in [0, 0.05) is 28.1 Å². The lowest BCUT2D eigenvalue weighted by Crippen LogP contribution is -2.48. The van der Waals surface area contributed by atoms with Gasteiger partial charge in [-0.2, -0.15) is 13.2 Å². The van der Waals surface area contributed by atoms with Gasteiger partial charge in [0.05, 0.1) is 18.9 Å². The minimum Gasteiger partial charge on any atom is -0.496 e. The molecule has 29 heavy (non-hydrogen) atoms. The Bertz CT molecular complexity index is 1110. The fourth-order valence-electron chi connectivity index (χ4n) is 3.81. The molecule has 4 nitrogen and oxygen atoms in total. The van der Waals surface area contributed by atoms with Crippen molar-refractivity contribution in [3.63, 3.8) is 0 Å². The summed E-state index contributed by atoms with van der Waals surface area (Å²) in [5.41, 5.74) is 2.99. The van der Waals surface area contributed by atoms with Gasteiger partial charge in [-0.05, 0) is 48.7 Å². The largest absolute Gasteiger partial charge is 0.496 e. The molecule has 2 heterocycles. The Morgan fingerprint density at radius 1 is 1.28 bits per heavy atom. The molecule has 3 aromatic rings. The van der Waals surface area contributed by atoms with Crippen molar-refractivity contribution in [3.05, 3.63) is 52.7 Å². The van der Waals surface area contributed by atoms with Crippen LogP contribution in [0.1, 0.15) is 22.8 Å². The molecule has 2 aromatic carbocycles. The van der Waals surface area contributed by atoms with Gasteiger partial charge in [0.1, 0.15) is 17.9 Å². The maximum atomic E-state index is 12.9. The molecular formula is C21H17ClF3NO3. The van der Waals surface area contributed by atoms with E-state index in [-0.39, 0.29) is 11.3 Å². The van der Waals surface area contributed by atoms with Gasteiger partial charge < -0.3 is 14.1 Å². The molecule has 0 fully saturated rings. The number of nitrogens with zero attached hydrogens (tertiary/aromatic N) is 1. The molecule has 8 heteroatoms. The summed E-state index contributed by atoms with van der Waals surface area (Å²) < 4.78 is 49.8. The lowest BCUT2D eigenvalue weighted by Gasteiger charge is -2.35. The number of methoxy groups -OCH3 is 1. The van der Waals surface area contributed by atoms with Gasteiger partial charge >= 0.3 is 6.18 Å². The van der Waals surface area contributed by atoms with Crippen LogP contribution >= 0.6 is 11.6 Å². The van der Waals surface area contributed by atoms with Crippen molar-refractivity contribution in [3.8, 4) is 16.9 Å². The standard InChI is InChI=1S/C21H17ClF3NO3/c1-11-5-13-6-12(16-9-29-17-8-14(22)3-4-15(16)17)7-18(28-2)19(13)20(27)26(11)10-21(23,24)25/h3-4,6-9,11H,5,10H2,1-2H3. The first-order valence-electron chi connectivity index (χ1n) is 8.93. The highest BCUT2D eigenvalue weighted by molar-refractivity contribution is 6.31. The summed E-state index contributed by atoms with van der Waals surface area (Å²) in [6.45, 7) is 0.325. The number of amides is 1. The van der Waals surface area contributed by atoms with Gasteiger partial charge in [-0.25, -0.2) is 0 Å². The van der Waals surface area contributed by atoms with Gasteiger partial charge in [0.25, 0.3) is 5.91 Å². The molecule has 0 N–H and O–H groups in total. The Morgan fingerprint density at radius 2 is 2.03 bits per heavy atom. The second-order valence-corrected chi connectivity index (χ2v) is 7.54. The van der Waals surface area contributed by atoms with Crippen LogP contribution < -0.4 is 4.74 Å². The minimum absolute atomic E-state index is 0.175. The Labute approximate surface area is 169 Å². The number of rotatable bonds is 3. The summed E-state index contributed by atoms with van der Waals surface area (Å²) in [5, 5.41) is 1.39. The second kappa shape index (κ2) is 6.99. The van der Waals surface area contributed by atoms with Crippen LogP contribution in [0.25, 0.3) is 22.1 Å². The van der Waals surface area contributed by atoms with E-state index in [9.17, 15) is 18.0 Å². The van der Waals surface area contributed by atoms with Crippen LogP contribution in [0, 0.1) is 0 Å². The predicted octanol–water partition coefficient (Wildman–Crippen LogP) is 5.71. The number of furan rings is 1. The summed E-state index contributed by atoms with van der Waals surface area (Å²) >= 11 is 6.01. The Morgan fingerprint density at radius 3 is 2.72 bits per heavy atom. The highest BCUT2D eigenvalue weighted by Gasteiger charge is 2.40. The average molecular weight is 424 g/mol. The second-order valence-electron chi connectivity index (χ2n) is 7.10. The highest BCUT2D eigenvalue weighted by Crippen LogP contribution is 2.39. The van der Waals surface area contributed by atoms with E-state index in [2.05, 4.69) is 0 Å². The van der Waals surface area contributed by atoms with Crippen LogP contribution in [-0.4, -0.2) is 36.7 Å². The van der Waals surface area contributed by atoms with Gasteiger partial charge in [-0.1, -0.05) is 11.6 Å². The van der Waals surface area contributed by atoms with Gasteiger partial charge in [-0.15, -0.1) is 0 Å². The first kappa shape index (κ1) is 19.6. The van der Waals surface area contributed by atoms with Crippen LogP contribution in [0.2, 0.25) is 5.02 Å². The van der Waals surface area contributed by atoms with Crippen LogP contribution in [0.3, 0.4) is 0 Å². The van der Waals surface area contributed by atoms with E-state index >= 15 is 0 Å². The van der Waals surface area contributed by atoms with E-state index in [4.69, 9.17) is 20.8 Å². The van der Waals surface area contributed by atoms with Crippen molar-refractivity contribution in [2.75, 3.05) is 13.7 Å². The number of fused-ring (bicyclic) bond motifs is 2. The smallest absolute Gasteiger partial charge is 0.406 e. The number of hydrogen-bond acceptors (Lipinski definition) is 3. The summed E-state index contributed by atoms with van der Waals surface area (Å²) in [4.78, 5) is 13.7. The number of alkyl halides is 3. The molecule has 0 aliphatic carbocycles. The molecule has 1 aliphatic heterocycles. The Hall–Kier alpha value is -2.67. The molecule has 0 radical (unpaired) electrons. The topological polar surface area (TPSA) is 42.7 Å². The normalized spacial score (nSPS) is 17.0. The van der Waals surface area contributed by atoms with Crippen LogP contribution in [0.4, 0.5) is 13.2 Å². The van der Waals surface area contributed by atoms with Crippen molar-refractivity contribution in [2.24, 2.45) is 0 Å². The molecule has 1 aliphatic rings. The van der Waals surface area contributed by atoms with E-state index in [1.54, 1.807) is 31.4 Å². The van der Waals surface area contributed by atoms with Gasteiger partial charge in [0.2, 0.25) is 0 Å². The van der Waals surface area contributed by atoms with Crippen molar-refractivity contribution in [2.45, 2.75) is 25.6 Å². The molecule has 152 valence electrons. The minimum atomic E-state index is -4.47. The monoisotopic (exact) mass is 423 g/mol. The summed E-state index contributed by atoms with van der Waals surface area (Å²) in [6.07, 6.45) is -2.58. The van der Waals surface area contributed by atoms with Crippen LogP contribution in [-0.2, 0) is 6.42 Å². The molecule has 4 rings (SSSR count). The number of carbonyl (C=O) groups excluding carboxylic acids is 1. The first-order valence-corrected chi connectivity index (χ1v) is 9.31. The van der Waals surface area contributed by atoms with Crippen molar-refractivity contribution in [1.82, 2.24) is 4.90 Å². The van der Waals surface area contributed by atoms with Crippen molar-refractivity contribution in [1.29, 1.82) is 0 Å². The number of carbonyl (C=O) groups is 1. The zero-order valence-electron chi connectivity index (χ0n) is 15.6. The van der Waals surface area contributed by atoms with E-state index in [1.807, 2.05) is 12.1 Å². The van der Waals surface area contributed by atoms with Crippen molar-refractivity contribution >= 4 is 28.5 Å². The van der Waals surface area contributed by atoms with Crippen LogP contribution in [0.5, 0.6) is 5.75 Å². The quantitative estimate of drug-likeness (QED) is 0.542. The lowest BCUT2D eigenvalue weighted by molar-refractivity contribution is -0.144. The average Bonchev–Trinajstić information content (AvgIpc) is 3.06. The molecule has 1 aromatic heterocycles. The number of benzene rings is 2. The van der Waals surface area contributed by atoms with Gasteiger partial charge in [-0.3, -0.25) is 4.79 Å². The highest BCUT2D eigenvalue weighted by atomic mass is 35.5. The Balaban J connectivity index is 1.82. The van der Waals surface area contributed by atoms with E-state index < -0.39 is 24.7 Å². The summed E-state index contributed by atoms with van der Waals surface area (Å²) in [6, 6.07) is 8.17. The maximum absolute atomic E-state index is 12.9. The Kier molecular flexibility index (Phi) is 4.73. The molecule has 0 saturated carbocycles. The molecule has 1 atom stereocenters. The summed E-state index contributed by atoms with van der Waals surface area (Å²) in [5.74, 6) is -0.437. The van der Waals surface area contributed by atoms with Gasteiger partial charge in [0.15, 0.2) is 0 Å². The third kappa shape index (κ3) is 3.55. The van der Waals surface area contributed by atoms with E-state index in [0.29, 0.717) is 22.6 Å². The van der Waals surface area contributed by atoms with E-state index in [1.165, 1.54) is 7.11 Å². The molecule has 0 bridgehead atoms. The summed E-state index contributed by atoms with van der Waals surface area (Å²) in [7, 11) is 1.39. The van der Waals surface area contributed by atoms with Crippen LogP contribution in [0.15, 0.2) is 41.0 Å². The lowest BCUT2D eigenvalue weighted by atomic mass is 9.89. The van der Waals surface area contributed by atoms with E-state index in [0.717, 1.165) is 21.4 Å². The molecule has 1 unspecified atom stereocenters. The molecule has 0 saturated heterocycles. The fraction of sp³-hybridized carbons (Fsp3) is 0.286. The predicted molar refractivity (Wildman–Crippen MR) is 103 cm³/mol. The molecular weight excluding hydrogens is 407 g/mol. The zero-order chi connectivity index (χ0) is 20.9. The third-order valence-electron chi connectivity index (χ3n) is 5.12. The SMILES string of the molecule is COc1cc(-c2coc3cc(Cl)ccc23)cc2c1C(=O)N(CC(F)(F)F)C(C)C2. The van der Waals surface area contributed by atoms with Crippen molar-refractivity contribution < 1.29 is 27.1 Å².